The Morgan fingerprint density at radius 2 is 1.63 bits per heavy atom. The molecule has 108 valence electrons. The monoisotopic (exact) mass is 263 g/mol. The minimum atomic E-state index is -0.205. The van der Waals surface area contributed by atoms with Gasteiger partial charge in [-0.2, -0.15) is 0 Å². The fourth-order valence-electron chi connectivity index (χ4n) is 2.34. The molecule has 0 fully saturated rings. The maximum Gasteiger partial charge on any atom is 0.0505 e. The lowest BCUT2D eigenvalue weighted by atomic mass is 9.73. The minimum absolute atomic E-state index is 0.141. The Hall–Kier alpha value is -0.860. The molecule has 1 aromatic carbocycles. The fraction of sp³-hybridized carbons (Fsp3) is 0.647. The summed E-state index contributed by atoms with van der Waals surface area (Å²) in [7, 11) is 0. The summed E-state index contributed by atoms with van der Waals surface area (Å²) in [6.45, 7) is 11.6. The van der Waals surface area contributed by atoms with Crippen molar-refractivity contribution >= 4 is 0 Å². The summed E-state index contributed by atoms with van der Waals surface area (Å²) in [6, 6.07) is 8.72. The van der Waals surface area contributed by atoms with Gasteiger partial charge in [0.25, 0.3) is 0 Å². The molecule has 2 nitrogen and oxygen atoms in total. The summed E-state index contributed by atoms with van der Waals surface area (Å²) in [5.41, 5.74) is 8.47. The van der Waals surface area contributed by atoms with Crippen LogP contribution in [0.1, 0.15) is 45.7 Å². The van der Waals surface area contributed by atoms with E-state index in [4.69, 9.17) is 5.73 Å². The van der Waals surface area contributed by atoms with E-state index in [2.05, 4.69) is 58.9 Å². The summed E-state index contributed by atoms with van der Waals surface area (Å²) >= 11 is 0. The van der Waals surface area contributed by atoms with Gasteiger partial charge in [0.1, 0.15) is 0 Å². The summed E-state index contributed by atoms with van der Waals surface area (Å²) in [4.78, 5) is 0. The predicted molar refractivity (Wildman–Crippen MR) is 82.3 cm³/mol. The maximum absolute atomic E-state index is 9.71. The third-order valence-electron chi connectivity index (χ3n) is 4.32. The lowest BCUT2D eigenvalue weighted by Crippen LogP contribution is -2.41. The normalized spacial score (nSPS) is 15.6. The quantitative estimate of drug-likeness (QED) is 0.857. The zero-order valence-corrected chi connectivity index (χ0v) is 13.0. The van der Waals surface area contributed by atoms with Crippen molar-refractivity contribution < 1.29 is 5.11 Å². The summed E-state index contributed by atoms with van der Waals surface area (Å²) in [6.07, 6.45) is 0.835. The Kier molecular flexibility index (Phi) is 5.17. The Balaban J connectivity index is 2.93. The van der Waals surface area contributed by atoms with Crippen molar-refractivity contribution in [2.75, 3.05) is 13.2 Å². The molecule has 1 atom stereocenters. The zero-order valence-electron chi connectivity index (χ0n) is 13.0. The molecular formula is C17H29NO. The lowest BCUT2D eigenvalue weighted by Gasteiger charge is -2.35. The van der Waals surface area contributed by atoms with E-state index in [-0.39, 0.29) is 17.4 Å². The van der Waals surface area contributed by atoms with Crippen LogP contribution in [0.2, 0.25) is 0 Å². The topological polar surface area (TPSA) is 46.2 Å². The smallest absolute Gasteiger partial charge is 0.0505 e. The summed E-state index contributed by atoms with van der Waals surface area (Å²) in [5.74, 6) is 0.366. The Labute approximate surface area is 118 Å². The fourth-order valence-corrected chi connectivity index (χ4v) is 2.34. The van der Waals surface area contributed by atoms with E-state index in [1.54, 1.807) is 0 Å². The van der Waals surface area contributed by atoms with Gasteiger partial charge in [-0.15, -0.1) is 0 Å². The molecule has 1 aromatic rings. The van der Waals surface area contributed by atoms with Crippen molar-refractivity contribution in [3.63, 3.8) is 0 Å². The Bertz CT molecular complexity index is 383. The highest BCUT2D eigenvalue weighted by atomic mass is 16.3. The van der Waals surface area contributed by atoms with Crippen molar-refractivity contribution in [1.29, 1.82) is 0 Å². The molecule has 1 rings (SSSR count). The third kappa shape index (κ3) is 3.80. The first-order chi connectivity index (χ1) is 8.75. The van der Waals surface area contributed by atoms with Gasteiger partial charge in [0.2, 0.25) is 0 Å². The van der Waals surface area contributed by atoms with Gasteiger partial charge in [-0.25, -0.2) is 0 Å². The van der Waals surface area contributed by atoms with E-state index >= 15 is 0 Å². The van der Waals surface area contributed by atoms with Crippen LogP contribution in [-0.2, 0) is 11.8 Å². The van der Waals surface area contributed by atoms with E-state index in [9.17, 15) is 5.11 Å². The van der Waals surface area contributed by atoms with Crippen LogP contribution in [0.25, 0.3) is 0 Å². The van der Waals surface area contributed by atoms with Crippen molar-refractivity contribution in [2.24, 2.45) is 17.1 Å². The maximum atomic E-state index is 9.71. The Morgan fingerprint density at radius 3 is 1.95 bits per heavy atom. The zero-order chi connectivity index (χ0) is 14.7. The van der Waals surface area contributed by atoms with E-state index in [1.807, 2.05) is 0 Å². The van der Waals surface area contributed by atoms with Crippen LogP contribution < -0.4 is 5.73 Å². The van der Waals surface area contributed by atoms with Crippen LogP contribution in [0.3, 0.4) is 0 Å². The second kappa shape index (κ2) is 6.06. The molecule has 0 bridgehead atoms. The van der Waals surface area contributed by atoms with Crippen LogP contribution in [0.15, 0.2) is 24.3 Å². The van der Waals surface area contributed by atoms with Gasteiger partial charge in [0.05, 0.1) is 6.61 Å². The molecule has 0 aliphatic carbocycles. The molecule has 0 radical (unpaired) electrons. The van der Waals surface area contributed by atoms with Gasteiger partial charge < -0.3 is 10.8 Å². The highest BCUT2D eigenvalue weighted by Gasteiger charge is 2.32. The standard InChI is InChI=1S/C17H29NO/c1-13(2)17(11-18,12-19)10-14-6-8-15(9-7-14)16(3,4)5/h6-9,13,19H,10-12,18H2,1-5H3. The molecule has 1 unspecified atom stereocenters. The number of benzene rings is 1. The average Bonchev–Trinajstić information content (AvgIpc) is 2.35. The van der Waals surface area contributed by atoms with Gasteiger partial charge in [0, 0.05) is 12.0 Å². The van der Waals surface area contributed by atoms with Crippen LogP contribution in [-0.4, -0.2) is 18.3 Å². The summed E-state index contributed by atoms with van der Waals surface area (Å²) < 4.78 is 0. The number of aliphatic hydroxyl groups excluding tert-OH is 1. The number of hydrogen-bond acceptors (Lipinski definition) is 2. The van der Waals surface area contributed by atoms with Crippen molar-refractivity contribution in [3.8, 4) is 0 Å². The first-order valence-corrected chi connectivity index (χ1v) is 7.15. The molecule has 0 saturated carbocycles. The number of hydrogen-bond donors (Lipinski definition) is 2. The van der Waals surface area contributed by atoms with Gasteiger partial charge in [-0.1, -0.05) is 58.9 Å². The second-order valence-electron chi connectivity index (χ2n) is 7.00. The molecule has 0 aromatic heterocycles. The van der Waals surface area contributed by atoms with E-state index in [0.29, 0.717) is 12.5 Å². The molecule has 3 N–H and O–H groups in total. The van der Waals surface area contributed by atoms with Crippen LogP contribution >= 0.6 is 0 Å². The number of aliphatic hydroxyl groups is 1. The minimum Gasteiger partial charge on any atom is -0.396 e. The molecule has 0 aliphatic rings. The van der Waals surface area contributed by atoms with Gasteiger partial charge in [0.15, 0.2) is 0 Å². The van der Waals surface area contributed by atoms with Crippen molar-refractivity contribution in [1.82, 2.24) is 0 Å². The van der Waals surface area contributed by atoms with Crippen LogP contribution in [0.4, 0.5) is 0 Å². The van der Waals surface area contributed by atoms with E-state index in [0.717, 1.165) is 6.42 Å². The molecular weight excluding hydrogens is 234 g/mol. The van der Waals surface area contributed by atoms with E-state index in [1.165, 1.54) is 11.1 Å². The predicted octanol–water partition coefficient (Wildman–Crippen LogP) is 3.12. The number of nitrogens with two attached hydrogens (primary N) is 1. The molecule has 2 heteroatoms. The molecule has 0 heterocycles. The van der Waals surface area contributed by atoms with Crippen molar-refractivity contribution in [3.05, 3.63) is 35.4 Å². The van der Waals surface area contributed by atoms with Gasteiger partial charge >= 0.3 is 0 Å². The highest BCUT2D eigenvalue weighted by molar-refractivity contribution is 5.28. The summed E-state index contributed by atoms with van der Waals surface area (Å²) in [5, 5.41) is 9.71. The van der Waals surface area contributed by atoms with Gasteiger partial charge in [-0.3, -0.25) is 0 Å². The van der Waals surface area contributed by atoms with E-state index < -0.39 is 0 Å². The SMILES string of the molecule is CC(C)C(CN)(CO)Cc1ccc(C(C)(C)C)cc1. The Morgan fingerprint density at radius 1 is 1.11 bits per heavy atom. The molecule has 0 aliphatic heterocycles. The number of rotatable bonds is 5. The second-order valence-corrected chi connectivity index (χ2v) is 7.00. The molecule has 0 saturated heterocycles. The average molecular weight is 263 g/mol. The third-order valence-corrected chi connectivity index (χ3v) is 4.32. The largest absolute Gasteiger partial charge is 0.396 e. The molecule has 0 spiro atoms. The van der Waals surface area contributed by atoms with Gasteiger partial charge in [-0.05, 0) is 28.9 Å². The van der Waals surface area contributed by atoms with Crippen LogP contribution in [0, 0.1) is 11.3 Å². The molecule has 19 heavy (non-hydrogen) atoms. The first kappa shape index (κ1) is 16.2. The van der Waals surface area contributed by atoms with Crippen LogP contribution in [0.5, 0.6) is 0 Å². The van der Waals surface area contributed by atoms with Crippen molar-refractivity contribution in [2.45, 2.75) is 46.5 Å². The first-order valence-electron chi connectivity index (χ1n) is 7.15. The highest BCUT2D eigenvalue weighted by Crippen LogP contribution is 2.31. The lowest BCUT2D eigenvalue weighted by molar-refractivity contribution is 0.0843. The molecule has 0 amide bonds.